The highest BCUT2D eigenvalue weighted by Gasteiger charge is 2.25. The number of likely N-dealkylation sites (tertiary alicyclic amines) is 1. The van der Waals surface area contributed by atoms with Crippen molar-refractivity contribution in [1.29, 1.82) is 0 Å². The van der Waals surface area contributed by atoms with Gasteiger partial charge in [0.05, 0.1) is 6.54 Å². The van der Waals surface area contributed by atoms with Crippen molar-refractivity contribution in [2.45, 2.75) is 52.0 Å². The lowest BCUT2D eigenvalue weighted by Crippen LogP contribution is -2.46. The van der Waals surface area contributed by atoms with E-state index in [4.69, 9.17) is 4.74 Å². The van der Waals surface area contributed by atoms with Crippen molar-refractivity contribution in [3.05, 3.63) is 29.8 Å². The van der Waals surface area contributed by atoms with Gasteiger partial charge in [0.1, 0.15) is 12.4 Å². The summed E-state index contributed by atoms with van der Waals surface area (Å²) in [5.74, 6) is 1.85. The first-order chi connectivity index (χ1) is 12.8. The first kappa shape index (κ1) is 24.5. The number of benzene rings is 1. The second-order valence-corrected chi connectivity index (χ2v) is 7.95. The maximum absolute atomic E-state index is 11.8. The second kappa shape index (κ2) is 11.5. The summed E-state index contributed by atoms with van der Waals surface area (Å²) in [4.78, 5) is 18.0. The van der Waals surface area contributed by atoms with Gasteiger partial charge in [0.2, 0.25) is 5.91 Å². The number of nitrogens with one attached hydrogen (secondary N) is 2. The standard InChI is InChI=1S/C21H34N4O2.HI/c1-6-19(26)25-12-10-17(15-25)24-20(22-5)23-11-13-27-18-9-7-8-16(14-18)21(2,3)4;/h7-9,14,17H,6,10-13,15H2,1-5H3,(H2,22,23,24);1H. The maximum atomic E-state index is 11.8. The minimum absolute atomic E-state index is 0. The lowest BCUT2D eigenvalue weighted by molar-refractivity contribution is -0.129. The van der Waals surface area contributed by atoms with Crippen LogP contribution in [0.15, 0.2) is 29.3 Å². The number of aliphatic imine (C=N–C) groups is 1. The van der Waals surface area contributed by atoms with Crippen molar-refractivity contribution in [1.82, 2.24) is 15.5 Å². The molecule has 1 atom stereocenters. The lowest BCUT2D eigenvalue weighted by Gasteiger charge is -2.20. The normalized spacial score (nSPS) is 17.1. The zero-order valence-electron chi connectivity index (χ0n) is 17.7. The van der Waals surface area contributed by atoms with Crippen LogP contribution in [0, 0.1) is 0 Å². The topological polar surface area (TPSA) is 66.0 Å². The van der Waals surface area contributed by atoms with Gasteiger partial charge in [0, 0.05) is 32.6 Å². The molecule has 158 valence electrons. The summed E-state index contributed by atoms with van der Waals surface area (Å²) in [7, 11) is 1.76. The molecule has 1 amide bonds. The SMILES string of the molecule is CCC(=O)N1CCC(NC(=NC)NCCOc2cccc(C(C)(C)C)c2)C1.I. The third kappa shape index (κ3) is 7.48. The molecule has 1 aromatic carbocycles. The summed E-state index contributed by atoms with van der Waals surface area (Å²) in [6.07, 6.45) is 1.51. The molecule has 6 nitrogen and oxygen atoms in total. The molecule has 1 heterocycles. The molecule has 7 heteroatoms. The number of carbonyl (C=O) groups is 1. The fourth-order valence-corrected chi connectivity index (χ4v) is 3.11. The van der Waals surface area contributed by atoms with Crippen molar-refractivity contribution in [3.63, 3.8) is 0 Å². The van der Waals surface area contributed by atoms with Crippen molar-refractivity contribution >= 4 is 35.8 Å². The second-order valence-electron chi connectivity index (χ2n) is 7.95. The predicted molar refractivity (Wildman–Crippen MR) is 126 cm³/mol. The molecule has 2 rings (SSSR count). The molecule has 28 heavy (non-hydrogen) atoms. The van der Waals surface area contributed by atoms with Gasteiger partial charge in [-0.3, -0.25) is 9.79 Å². The number of ether oxygens (including phenoxy) is 1. The van der Waals surface area contributed by atoms with E-state index in [1.807, 2.05) is 24.0 Å². The fraction of sp³-hybridized carbons (Fsp3) is 0.619. The van der Waals surface area contributed by atoms with Gasteiger partial charge in [-0.1, -0.05) is 39.8 Å². The third-order valence-electron chi connectivity index (χ3n) is 4.77. The number of hydrogen-bond donors (Lipinski definition) is 2. The Bertz CT molecular complexity index is 658. The van der Waals surface area contributed by atoms with Crippen LogP contribution in [0.1, 0.15) is 46.1 Å². The molecular weight excluding hydrogens is 467 g/mol. The molecule has 0 saturated carbocycles. The van der Waals surface area contributed by atoms with Crippen LogP contribution in [0.25, 0.3) is 0 Å². The summed E-state index contributed by atoms with van der Waals surface area (Å²) in [6.45, 7) is 11.3. The van der Waals surface area contributed by atoms with E-state index in [1.165, 1.54) is 5.56 Å². The van der Waals surface area contributed by atoms with E-state index >= 15 is 0 Å². The van der Waals surface area contributed by atoms with Gasteiger partial charge in [-0.2, -0.15) is 0 Å². The van der Waals surface area contributed by atoms with E-state index in [-0.39, 0.29) is 41.3 Å². The fourth-order valence-electron chi connectivity index (χ4n) is 3.11. The Labute approximate surface area is 186 Å². The van der Waals surface area contributed by atoms with Crippen LogP contribution in [-0.2, 0) is 10.2 Å². The van der Waals surface area contributed by atoms with Crippen LogP contribution in [0.3, 0.4) is 0 Å². The monoisotopic (exact) mass is 502 g/mol. The molecule has 0 spiro atoms. The van der Waals surface area contributed by atoms with Crippen molar-refractivity contribution in [2.24, 2.45) is 4.99 Å². The molecule has 0 aliphatic carbocycles. The van der Waals surface area contributed by atoms with Crippen LogP contribution in [-0.4, -0.2) is 56.1 Å². The van der Waals surface area contributed by atoms with Gasteiger partial charge in [-0.15, -0.1) is 24.0 Å². The number of rotatable bonds is 6. The Morgan fingerprint density at radius 1 is 1.36 bits per heavy atom. The molecular formula is C21H35IN4O2. The average Bonchev–Trinajstić information content (AvgIpc) is 3.11. The van der Waals surface area contributed by atoms with E-state index in [2.05, 4.69) is 48.5 Å². The predicted octanol–water partition coefficient (Wildman–Crippen LogP) is 3.16. The molecule has 0 bridgehead atoms. The van der Waals surface area contributed by atoms with Gasteiger partial charge in [0.25, 0.3) is 0 Å². The molecule has 0 radical (unpaired) electrons. The van der Waals surface area contributed by atoms with Crippen LogP contribution in [0.2, 0.25) is 0 Å². The van der Waals surface area contributed by atoms with Gasteiger partial charge >= 0.3 is 0 Å². The Morgan fingerprint density at radius 2 is 2.11 bits per heavy atom. The number of amides is 1. The van der Waals surface area contributed by atoms with Gasteiger partial charge in [-0.25, -0.2) is 0 Å². The summed E-state index contributed by atoms with van der Waals surface area (Å²) in [5, 5.41) is 6.67. The summed E-state index contributed by atoms with van der Waals surface area (Å²) in [6, 6.07) is 8.50. The van der Waals surface area contributed by atoms with E-state index < -0.39 is 0 Å². The minimum Gasteiger partial charge on any atom is -0.492 e. The van der Waals surface area contributed by atoms with Crippen LogP contribution in [0.4, 0.5) is 0 Å². The molecule has 2 N–H and O–H groups in total. The smallest absolute Gasteiger partial charge is 0.222 e. The number of guanidine groups is 1. The highest BCUT2D eigenvalue weighted by Crippen LogP contribution is 2.25. The Hall–Kier alpha value is -1.51. The Balaban J connectivity index is 0.00000392. The zero-order valence-corrected chi connectivity index (χ0v) is 20.1. The minimum atomic E-state index is 0. The summed E-state index contributed by atoms with van der Waals surface area (Å²) in [5.41, 5.74) is 1.37. The Kier molecular flexibility index (Phi) is 10.1. The van der Waals surface area contributed by atoms with Crippen molar-refractivity contribution in [2.75, 3.05) is 33.3 Å². The van der Waals surface area contributed by atoms with Crippen molar-refractivity contribution < 1.29 is 9.53 Å². The Morgan fingerprint density at radius 3 is 2.75 bits per heavy atom. The zero-order chi connectivity index (χ0) is 19.9. The summed E-state index contributed by atoms with van der Waals surface area (Å²) >= 11 is 0. The quantitative estimate of drug-likeness (QED) is 0.272. The average molecular weight is 502 g/mol. The van der Waals surface area contributed by atoms with Crippen LogP contribution >= 0.6 is 24.0 Å². The summed E-state index contributed by atoms with van der Waals surface area (Å²) < 4.78 is 5.87. The number of nitrogens with zero attached hydrogens (tertiary/aromatic N) is 2. The molecule has 1 aromatic rings. The van der Waals surface area contributed by atoms with E-state index in [0.29, 0.717) is 19.6 Å². The van der Waals surface area contributed by atoms with Crippen molar-refractivity contribution in [3.8, 4) is 5.75 Å². The van der Waals surface area contributed by atoms with Crippen LogP contribution in [0.5, 0.6) is 5.75 Å². The van der Waals surface area contributed by atoms with Gasteiger partial charge in [-0.05, 0) is 29.5 Å². The van der Waals surface area contributed by atoms with E-state index in [9.17, 15) is 4.79 Å². The first-order valence-corrected chi connectivity index (χ1v) is 9.81. The molecule has 1 saturated heterocycles. The van der Waals surface area contributed by atoms with Crippen LogP contribution < -0.4 is 15.4 Å². The van der Waals surface area contributed by atoms with E-state index in [0.717, 1.165) is 31.2 Å². The van der Waals surface area contributed by atoms with E-state index in [1.54, 1.807) is 7.05 Å². The first-order valence-electron chi connectivity index (χ1n) is 9.81. The number of carbonyl (C=O) groups excluding carboxylic acids is 1. The molecule has 1 aliphatic heterocycles. The number of hydrogen-bond acceptors (Lipinski definition) is 3. The highest BCUT2D eigenvalue weighted by atomic mass is 127. The lowest BCUT2D eigenvalue weighted by atomic mass is 9.87. The molecule has 1 aliphatic rings. The largest absolute Gasteiger partial charge is 0.492 e. The van der Waals surface area contributed by atoms with Gasteiger partial charge < -0.3 is 20.3 Å². The number of halogens is 1. The molecule has 1 unspecified atom stereocenters. The molecule has 1 fully saturated rings. The van der Waals surface area contributed by atoms with Gasteiger partial charge in [0.15, 0.2) is 5.96 Å². The molecule has 0 aromatic heterocycles. The third-order valence-corrected chi connectivity index (χ3v) is 4.77. The highest BCUT2D eigenvalue weighted by molar-refractivity contribution is 14.0. The maximum Gasteiger partial charge on any atom is 0.222 e.